The number of phenols is 1. The Kier molecular flexibility index (Phi) is 8.55. The number of phenolic OH excluding ortho intramolecular Hbond substituents is 1. The van der Waals surface area contributed by atoms with Gasteiger partial charge in [0.05, 0.1) is 25.5 Å². The third-order valence-corrected chi connectivity index (χ3v) is 7.14. The van der Waals surface area contributed by atoms with Crippen molar-refractivity contribution in [2.75, 3.05) is 24.4 Å². The molecule has 1 aromatic heterocycles. The van der Waals surface area contributed by atoms with Gasteiger partial charge in [-0.3, -0.25) is 9.55 Å². The van der Waals surface area contributed by atoms with Gasteiger partial charge in [-0.05, 0) is 48.9 Å². The molecule has 0 spiro atoms. The second-order valence-electron chi connectivity index (χ2n) is 10.00. The Balaban J connectivity index is 2.67. The number of aromatic nitrogens is 1. The molecule has 0 amide bonds. The lowest BCUT2D eigenvalue weighted by molar-refractivity contribution is 0.220. The average molecular weight is 463 g/mol. The molecule has 1 aromatic carbocycles. The van der Waals surface area contributed by atoms with E-state index in [1.165, 1.54) is 0 Å². The molecule has 0 fully saturated rings. The maximum Gasteiger partial charge on any atom is 0.349 e. The summed E-state index contributed by atoms with van der Waals surface area (Å²) >= 11 is 0. The molecule has 7 heteroatoms. The number of rotatable bonds is 9. The van der Waals surface area contributed by atoms with E-state index >= 15 is 0 Å². The predicted molar refractivity (Wildman–Crippen MR) is 132 cm³/mol. The van der Waals surface area contributed by atoms with Gasteiger partial charge in [-0.15, -0.1) is 0 Å². The van der Waals surface area contributed by atoms with Crippen LogP contribution in [0.5, 0.6) is 5.75 Å². The van der Waals surface area contributed by atoms with Crippen molar-refractivity contribution >= 4 is 13.3 Å². The predicted octanol–water partition coefficient (Wildman–Crippen LogP) is 6.61. The minimum absolute atomic E-state index is 0.0865. The van der Waals surface area contributed by atoms with E-state index in [1.807, 2.05) is 49.1 Å². The number of aromatic hydroxyl groups is 1. The molecule has 32 heavy (non-hydrogen) atoms. The van der Waals surface area contributed by atoms with E-state index in [-0.39, 0.29) is 17.1 Å². The number of nitrogens with zero attached hydrogens (tertiary/aromatic N) is 2. The van der Waals surface area contributed by atoms with Crippen molar-refractivity contribution in [2.45, 2.75) is 72.8 Å². The molecule has 0 saturated carbocycles. The third-order valence-electron chi connectivity index (χ3n) is 5.15. The highest BCUT2D eigenvalue weighted by molar-refractivity contribution is 7.53. The Morgan fingerprint density at radius 1 is 0.969 bits per heavy atom. The summed E-state index contributed by atoms with van der Waals surface area (Å²) in [6.07, 6.45) is 1.83. The molecule has 0 unspecified atom stereocenters. The van der Waals surface area contributed by atoms with Crippen LogP contribution < -0.4 is 4.90 Å². The molecular formula is C25H39N2O4P. The smallest absolute Gasteiger partial charge is 0.349 e. The van der Waals surface area contributed by atoms with Gasteiger partial charge in [-0.1, -0.05) is 47.6 Å². The molecule has 2 rings (SSSR count). The van der Waals surface area contributed by atoms with Crippen molar-refractivity contribution < 1.29 is 18.7 Å². The molecule has 0 radical (unpaired) electrons. The molecule has 0 saturated heterocycles. The van der Waals surface area contributed by atoms with Crippen molar-refractivity contribution in [2.24, 2.45) is 0 Å². The fourth-order valence-corrected chi connectivity index (χ4v) is 5.28. The van der Waals surface area contributed by atoms with Crippen molar-refractivity contribution in [3.05, 3.63) is 53.3 Å². The van der Waals surface area contributed by atoms with Crippen molar-refractivity contribution in [3.63, 3.8) is 0 Å². The summed E-state index contributed by atoms with van der Waals surface area (Å²) in [5, 5.41) is 11.1. The van der Waals surface area contributed by atoms with Crippen LogP contribution in [0.15, 0.2) is 36.5 Å². The van der Waals surface area contributed by atoms with E-state index in [2.05, 4.69) is 46.5 Å². The molecule has 1 N–H and O–H groups in total. The first-order valence-corrected chi connectivity index (χ1v) is 12.9. The SMILES string of the molecule is CCOP(=O)(CN(Cc1ccccn1)c1cc(C(C)(C)C)c(O)c(C(C)(C)C)c1)OCC. The molecule has 6 nitrogen and oxygen atoms in total. The summed E-state index contributed by atoms with van der Waals surface area (Å²) in [5.41, 5.74) is 2.82. The van der Waals surface area contributed by atoms with Gasteiger partial charge < -0.3 is 19.1 Å². The van der Waals surface area contributed by atoms with Crippen LogP contribution >= 0.6 is 7.60 Å². The number of anilines is 1. The van der Waals surface area contributed by atoms with Gasteiger partial charge in [0.15, 0.2) is 0 Å². The Morgan fingerprint density at radius 3 is 1.91 bits per heavy atom. The number of pyridine rings is 1. The van der Waals surface area contributed by atoms with Crippen molar-refractivity contribution in [1.82, 2.24) is 4.98 Å². The summed E-state index contributed by atoms with van der Waals surface area (Å²) in [7, 11) is -3.37. The maximum absolute atomic E-state index is 13.5. The number of hydrogen-bond donors (Lipinski definition) is 1. The van der Waals surface area contributed by atoms with E-state index in [1.54, 1.807) is 6.20 Å². The lowest BCUT2D eigenvalue weighted by atomic mass is 9.79. The minimum Gasteiger partial charge on any atom is -0.507 e. The third kappa shape index (κ3) is 6.81. The number of hydrogen-bond acceptors (Lipinski definition) is 6. The normalized spacial score (nSPS) is 12.8. The molecule has 1 heterocycles. The van der Waals surface area contributed by atoms with E-state index < -0.39 is 7.60 Å². The van der Waals surface area contributed by atoms with Gasteiger partial charge in [0.25, 0.3) is 0 Å². The van der Waals surface area contributed by atoms with Crippen LogP contribution in [0.1, 0.15) is 72.2 Å². The van der Waals surface area contributed by atoms with E-state index in [9.17, 15) is 9.67 Å². The molecule has 0 aliphatic carbocycles. The first-order chi connectivity index (χ1) is 14.8. The minimum atomic E-state index is -3.37. The summed E-state index contributed by atoms with van der Waals surface area (Å²) < 4.78 is 24.7. The fourth-order valence-electron chi connectivity index (χ4n) is 3.58. The van der Waals surface area contributed by atoms with Crippen LogP contribution in [0.25, 0.3) is 0 Å². The monoisotopic (exact) mass is 462 g/mol. The van der Waals surface area contributed by atoms with Crippen LogP contribution in [0, 0.1) is 0 Å². The molecule has 2 aromatic rings. The van der Waals surface area contributed by atoms with Gasteiger partial charge in [0.1, 0.15) is 12.0 Å². The zero-order valence-electron chi connectivity index (χ0n) is 20.8. The molecule has 0 aliphatic heterocycles. The van der Waals surface area contributed by atoms with Gasteiger partial charge in [-0.2, -0.15) is 0 Å². The Morgan fingerprint density at radius 2 is 1.50 bits per heavy atom. The van der Waals surface area contributed by atoms with Crippen LogP contribution in [0.3, 0.4) is 0 Å². The lowest BCUT2D eigenvalue weighted by Crippen LogP contribution is -2.27. The van der Waals surface area contributed by atoms with E-state index in [4.69, 9.17) is 9.05 Å². The lowest BCUT2D eigenvalue weighted by Gasteiger charge is -2.33. The van der Waals surface area contributed by atoms with Crippen LogP contribution in [-0.2, 0) is 31.0 Å². The zero-order chi connectivity index (χ0) is 24.2. The Bertz CT molecular complexity index is 888. The largest absolute Gasteiger partial charge is 0.507 e. The maximum atomic E-state index is 13.5. The van der Waals surface area contributed by atoms with E-state index in [0.29, 0.717) is 25.5 Å². The second-order valence-corrected chi connectivity index (χ2v) is 12.0. The van der Waals surface area contributed by atoms with Crippen LogP contribution in [-0.4, -0.2) is 29.6 Å². The summed E-state index contributed by atoms with van der Waals surface area (Å²) in [6, 6.07) is 9.71. The Hall–Kier alpha value is -1.88. The molecule has 0 atom stereocenters. The first kappa shape index (κ1) is 26.4. The van der Waals surface area contributed by atoms with Crippen molar-refractivity contribution in [1.29, 1.82) is 0 Å². The molecule has 178 valence electrons. The molecular weight excluding hydrogens is 423 g/mol. The van der Waals surface area contributed by atoms with Crippen LogP contribution in [0.4, 0.5) is 5.69 Å². The zero-order valence-corrected chi connectivity index (χ0v) is 21.7. The fraction of sp³-hybridized carbons (Fsp3) is 0.560. The second kappa shape index (κ2) is 10.4. The van der Waals surface area contributed by atoms with Crippen LogP contribution in [0.2, 0.25) is 0 Å². The molecule has 0 aliphatic rings. The summed E-state index contributed by atoms with van der Waals surface area (Å²) in [6.45, 7) is 17.1. The summed E-state index contributed by atoms with van der Waals surface area (Å²) in [4.78, 5) is 6.45. The highest BCUT2D eigenvalue weighted by Gasteiger charge is 2.31. The van der Waals surface area contributed by atoms with Crippen molar-refractivity contribution in [3.8, 4) is 5.75 Å². The van der Waals surface area contributed by atoms with E-state index in [0.717, 1.165) is 22.5 Å². The standard InChI is InChI=1S/C25H39N2O4P/c1-9-30-32(29,31-10-2)18-27(17-19-13-11-12-14-26-19)20-15-21(24(3,4)5)23(28)22(16-20)25(6,7)8/h11-16,28H,9-10,17-18H2,1-8H3. The van der Waals surface area contributed by atoms with Gasteiger partial charge in [-0.25, -0.2) is 0 Å². The van der Waals surface area contributed by atoms with Gasteiger partial charge >= 0.3 is 7.60 Å². The first-order valence-electron chi connectivity index (χ1n) is 11.2. The van der Waals surface area contributed by atoms with Gasteiger partial charge in [0, 0.05) is 23.0 Å². The Labute approximate surface area is 193 Å². The average Bonchev–Trinajstić information content (AvgIpc) is 2.67. The van der Waals surface area contributed by atoms with Gasteiger partial charge in [0.2, 0.25) is 0 Å². The topological polar surface area (TPSA) is 71.9 Å². The molecule has 0 bridgehead atoms. The number of benzene rings is 1. The quantitative estimate of drug-likeness (QED) is 0.423. The highest BCUT2D eigenvalue weighted by atomic mass is 31.2. The highest BCUT2D eigenvalue weighted by Crippen LogP contribution is 2.50. The summed E-state index contributed by atoms with van der Waals surface area (Å²) in [5.74, 6) is 0.310.